The van der Waals surface area contributed by atoms with E-state index in [4.69, 9.17) is 0 Å². The van der Waals surface area contributed by atoms with Crippen molar-refractivity contribution in [3.8, 4) is 0 Å². The summed E-state index contributed by atoms with van der Waals surface area (Å²) < 4.78 is 0. The van der Waals surface area contributed by atoms with Crippen molar-refractivity contribution in [1.82, 2.24) is 0 Å². The van der Waals surface area contributed by atoms with Gasteiger partial charge >= 0.3 is 0 Å². The van der Waals surface area contributed by atoms with Crippen LogP contribution in [0.25, 0.3) is 0 Å². The first kappa shape index (κ1) is 11.3. The van der Waals surface area contributed by atoms with Gasteiger partial charge in [-0.2, -0.15) is 0 Å². The van der Waals surface area contributed by atoms with Crippen LogP contribution in [0.5, 0.6) is 0 Å². The van der Waals surface area contributed by atoms with Gasteiger partial charge in [0, 0.05) is 0 Å². The highest BCUT2D eigenvalue weighted by Crippen LogP contribution is 2.16. The van der Waals surface area contributed by atoms with Crippen molar-refractivity contribution in [2.45, 2.75) is 45.6 Å². The number of rotatable bonds is 4. The van der Waals surface area contributed by atoms with Gasteiger partial charge in [-0.3, -0.25) is 0 Å². The molecule has 0 aliphatic rings. The van der Waals surface area contributed by atoms with Crippen molar-refractivity contribution < 1.29 is 5.11 Å². The van der Waals surface area contributed by atoms with E-state index in [2.05, 4.69) is 38.1 Å². The van der Waals surface area contributed by atoms with E-state index in [1.165, 1.54) is 11.1 Å². The zero-order chi connectivity index (χ0) is 10.6. The van der Waals surface area contributed by atoms with Crippen LogP contribution in [0, 0.1) is 0 Å². The molecule has 0 fully saturated rings. The lowest BCUT2D eigenvalue weighted by atomic mass is 9.98. The Kier molecular flexibility index (Phi) is 4.15. The summed E-state index contributed by atoms with van der Waals surface area (Å²) in [6.07, 6.45) is 1.62. The summed E-state index contributed by atoms with van der Waals surface area (Å²) in [6, 6.07) is 8.64. The highest BCUT2D eigenvalue weighted by Gasteiger charge is 2.01. The van der Waals surface area contributed by atoms with E-state index in [9.17, 15) is 5.11 Å². The Balaban J connectivity index is 2.64. The lowest BCUT2D eigenvalue weighted by molar-refractivity contribution is 0.185. The molecule has 0 aliphatic heterocycles. The molecule has 1 rings (SSSR count). The second kappa shape index (κ2) is 5.16. The van der Waals surface area contributed by atoms with Gasteiger partial charge in [0.25, 0.3) is 0 Å². The lowest BCUT2D eigenvalue weighted by Gasteiger charge is -2.08. The quantitative estimate of drug-likeness (QED) is 0.777. The Labute approximate surface area is 86.8 Å². The molecular weight excluding hydrogens is 172 g/mol. The van der Waals surface area contributed by atoms with Crippen LogP contribution in [0.1, 0.15) is 44.2 Å². The summed E-state index contributed by atoms with van der Waals surface area (Å²) in [5.74, 6) is 0.585. The van der Waals surface area contributed by atoms with Crippen LogP contribution in [-0.4, -0.2) is 11.2 Å². The molecule has 1 nitrogen and oxygen atoms in total. The van der Waals surface area contributed by atoms with Crippen molar-refractivity contribution in [3.05, 3.63) is 35.4 Å². The van der Waals surface area contributed by atoms with Crippen molar-refractivity contribution >= 4 is 0 Å². The number of aryl methyl sites for hydroxylation is 1. The molecule has 78 valence electrons. The van der Waals surface area contributed by atoms with E-state index in [0.717, 1.165) is 12.8 Å². The Morgan fingerprint density at radius 3 is 2.50 bits per heavy atom. The van der Waals surface area contributed by atoms with Crippen molar-refractivity contribution in [1.29, 1.82) is 0 Å². The van der Waals surface area contributed by atoms with Crippen LogP contribution in [0.3, 0.4) is 0 Å². The van der Waals surface area contributed by atoms with Gasteiger partial charge in [-0.1, -0.05) is 38.1 Å². The van der Waals surface area contributed by atoms with Gasteiger partial charge < -0.3 is 5.11 Å². The van der Waals surface area contributed by atoms with Crippen LogP contribution in [0.2, 0.25) is 0 Å². The molecule has 0 amide bonds. The van der Waals surface area contributed by atoms with E-state index < -0.39 is 0 Å². The minimum absolute atomic E-state index is 0.197. The fraction of sp³-hybridized carbons (Fsp3) is 0.538. The van der Waals surface area contributed by atoms with Crippen molar-refractivity contribution in [3.63, 3.8) is 0 Å². The topological polar surface area (TPSA) is 20.2 Å². The second-order valence-corrected chi connectivity index (χ2v) is 4.29. The van der Waals surface area contributed by atoms with Crippen molar-refractivity contribution in [2.24, 2.45) is 0 Å². The highest BCUT2D eigenvalue weighted by molar-refractivity contribution is 5.25. The zero-order valence-corrected chi connectivity index (χ0v) is 9.33. The van der Waals surface area contributed by atoms with Crippen molar-refractivity contribution in [2.75, 3.05) is 0 Å². The maximum absolute atomic E-state index is 9.19. The number of hydrogen-bond acceptors (Lipinski definition) is 1. The molecule has 1 unspecified atom stereocenters. The molecule has 0 aliphatic carbocycles. The molecule has 0 aromatic heterocycles. The predicted molar refractivity (Wildman–Crippen MR) is 60.5 cm³/mol. The molecule has 1 aromatic carbocycles. The zero-order valence-electron chi connectivity index (χ0n) is 9.33. The standard InChI is InChI=1S/C13H20O/c1-10(2)13-6-4-5-12(9-13)8-7-11(3)14/h4-6,9-11,14H,7-8H2,1-3H3. The maximum atomic E-state index is 9.19. The Morgan fingerprint density at radius 2 is 1.93 bits per heavy atom. The largest absolute Gasteiger partial charge is 0.393 e. The summed E-state index contributed by atoms with van der Waals surface area (Å²) in [7, 11) is 0. The first-order valence-electron chi connectivity index (χ1n) is 5.36. The fourth-order valence-corrected chi connectivity index (χ4v) is 1.48. The van der Waals surface area contributed by atoms with Crippen LogP contribution in [-0.2, 0) is 6.42 Å². The molecular formula is C13H20O. The summed E-state index contributed by atoms with van der Waals surface area (Å²) in [5, 5.41) is 9.19. The summed E-state index contributed by atoms with van der Waals surface area (Å²) in [4.78, 5) is 0. The van der Waals surface area contributed by atoms with E-state index >= 15 is 0 Å². The minimum atomic E-state index is -0.197. The molecule has 1 aromatic rings. The number of aliphatic hydroxyl groups is 1. The Bertz CT molecular complexity index is 276. The molecule has 0 heterocycles. The van der Waals surface area contributed by atoms with Crippen LogP contribution in [0.15, 0.2) is 24.3 Å². The molecule has 0 radical (unpaired) electrons. The molecule has 0 bridgehead atoms. The average Bonchev–Trinajstić information content (AvgIpc) is 2.15. The first-order valence-corrected chi connectivity index (χ1v) is 5.36. The molecule has 0 saturated heterocycles. The summed E-state index contributed by atoms with van der Waals surface area (Å²) in [5.41, 5.74) is 2.71. The third-order valence-corrected chi connectivity index (χ3v) is 2.47. The second-order valence-electron chi connectivity index (χ2n) is 4.29. The van der Waals surface area contributed by atoms with E-state index in [0.29, 0.717) is 5.92 Å². The van der Waals surface area contributed by atoms with Crippen LogP contribution in [0.4, 0.5) is 0 Å². The van der Waals surface area contributed by atoms with Gasteiger partial charge in [0.05, 0.1) is 6.10 Å². The van der Waals surface area contributed by atoms with Crippen LogP contribution < -0.4 is 0 Å². The molecule has 1 N–H and O–H groups in total. The van der Waals surface area contributed by atoms with Gasteiger partial charge in [-0.05, 0) is 36.8 Å². The molecule has 14 heavy (non-hydrogen) atoms. The molecule has 1 atom stereocenters. The third-order valence-electron chi connectivity index (χ3n) is 2.47. The number of hydrogen-bond donors (Lipinski definition) is 1. The predicted octanol–water partition coefficient (Wildman–Crippen LogP) is 3.12. The number of benzene rings is 1. The maximum Gasteiger partial charge on any atom is 0.0515 e. The molecule has 0 spiro atoms. The summed E-state index contributed by atoms with van der Waals surface area (Å²) >= 11 is 0. The lowest BCUT2D eigenvalue weighted by Crippen LogP contribution is -2.01. The Hall–Kier alpha value is -0.820. The van der Waals surface area contributed by atoms with Gasteiger partial charge in [-0.15, -0.1) is 0 Å². The van der Waals surface area contributed by atoms with E-state index in [1.807, 2.05) is 6.92 Å². The highest BCUT2D eigenvalue weighted by atomic mass is 16.3. The molecule has 0 saturated carbocycles. The van der Waals surface area contributed by atoms with E-state index in [-0.39, 0.29) is 6.10 Å². The third kappa shape index (κ3) is 3.51. The molecule has 1 heteroatoms. The van der Waals surface area contributed by atoms with Gasteiger partial charge in [0.15, 0.2) is 0 Å². The Morgan fingerprint density at radius 1 is 1.21 bits per heavy atom. The number of aliphatic hydroxyl groups excluding tert-OH is 1. The summed E-state index contributed by atoms with van der Waals surface area (Å²) in [6.45, 7) is 6.24. The first-order chi connectivity index (χ1) is 6.59. The minimum Gasteiger partial charge on any atom is -0.393 e. The SMILES string of the molecule is CC(O)CCc1cccc(C(C)C)c1. The van der Waals surface area contributed by atoms with Gasteiger partial charge in [0.2, 0.25) is 0 Å². The van der Waals surface area contributed by atoms with Crippen LogP contribution >= 0.6 is 0 Å². The monoisotopic (exact) mass is 192 g/mol. The average molecular weight is 192 g/mol. The normalized spacial score (nSPS) is 13.2. The van der Waals surface area contributed by atoms with Gasteiger partial charge in [-0.25, -0.2) is 0 Å². The smallest absolute Gasteiger partial charge is 0.0515 e. The fourth-order valence-electron chi connectivity index (χ4n) is 1.48. The van der Waals surface area contributed by atoms with E-state index in [1.54, 1.807) is 0 Å². The van der Waals surface area contributed by atoms with Gasteiger partial charge in [0.1, 0.15) is 0 Å².